The number of nitrogens with one attached hydrogen (secondary N) is 1. The van der Waals surface area contributed by atoms with E-state index in [1.165, 1.54) is 12.1 Å². The quantitative estimate of drug-likeness (QED) is 0.467. The van der Waals surface area contributed by atoms with Crippen LogP contribution >= 0.6 is 11.3 Å². The van der Waals surface area contributed by atoms with Crippen molar-refractivity contribution in [2.75, 3.05) is 11.9 Å². The van der Waals surface area contributed by atoms with Crippen LogP contribution < -0.4 is 10.1 Å². The third-order valence-electron chi connectivity index (χ3n) is 3.99. The van der Waals surface area contributed by atoms with Crippen LogP contribution in [0.15, 0.2) is 72.8 Å². The Hall–Kier alpha value is -2.96. The van der Waals surface area contributed by atoms with E-state index in [2.05, 4.69) is 16.4 Å². The first kappa shape index (κ1) is 17.5. The van der Waals surface area contributed by atoms with E-state index in [1.54, 1.807) is 23.5 Å². The van der Waals surface area contributed by atoms with E-state index in [1.807, 2.05) is 42.5 Å². The molecule has 6 heteroatoms. The van der Waals surface area contributed by atoms with Crippen molar-refractivity contribution < 1.29 is 14.2 Å². The monoisotopic (exact) mass is 380 g/mol. The molecule has 0 amide bonds. The van der Waals surface area contributed by atoms with Crippen LogP contribution in [-0.2, 0) is 0 Å². The molecular formula is C21H17FN2O2S. The molecule has 3 aromatic carbocycles. The summed E-state index contributed by atoms with van der Waals surface area (Å²) < 4.78 is 20.0. The summed E-state index contributed by atoms with van der Waals surface area (Å²) in [7, 11) is 0. The minimum atomic E-state index is -0.960. The lowest BCUT2D eigenvalue weighted by Gasteiger charge is -2.15. The molecule has 1 atom stereocenters. The highest BCUT2D eigenvalue weighted by Gasteiger charge is 2.09. The van der Waals surface area contributed by atoms with E-state index < -0.39 is 12.0 Å². The Labute approximate surface area is 159 Å². The summed E-state index contributed by atoms with van der Waals surface area (Å²) in [6, 6.07) is 21.8. The molecule has 1 heterocycles. The van der Waals surface area contributed by atoms with Gasteiger partial charge in [0.1, 0.15) is 11.6 Å². The Morgan fingerprint density at radius 3 is 2.52 bits per heavy atom. The molecule has 4 rings (SSSR count). The number of hydrogen-bond donors (Lipinski definition) is 2. The molecule has 0 aliphatic heterocycles. The van der Waals surface area contributed by atoms with Crippen molar-refractivity contribution in [1.29, 1.82) is 0 Å². The normalized spacial score (nSPS) is 12.1. The Bertz CT molecular complexity index is 1020. The van der Waals surface area contributed by atoms with Gasteiger partial charge in [0.25, 0.3) is 0 Å². The lowest BCUT2D eigenvalue weighted by molar-refractivity contribution is 0.127. The first-order valence-electron chi connectivity index (χ1n) is 8.47. The molecule has 4 nitrogen and oxygen atoms in total. The molecule has 2 N–H and O–H groups in total. The number of halogens is 1. The van der Waals surface area contributed by atoms with Gasteiger partial charge < -0.3 is 15.2 Å². The molecule has 27 heavy (non-hydrogen) atoms. The van der Waals surface area contributed by atoms with Gasteiger partial charge in [-0.05, 0) is 48.5 Å². The third-order valence-corrected chi connectivity index (χ3v) is 5.08. The highest BCUT2D eigenvalue weighted by molar-refractivity contribution is 7.21. The molecule has 0 bridgehead atoms. The largest absolute Gasteiger partial charge is 0.486 e. The second kappa shape index (κ2) is 7.73. The number of para-hydroxylation sites is 2. The van der Waals surface area contributed by atoms with Gasteiger partial charge in [-0.2, -0.15) is 0 Å². The average molecular weight is 380 g/mol. The zero-order valence-electron chi connectivity index (χ0n) is 14.3. The Kier molecular flexibility index (Phi) is 5.00. The highest BCUT2D eigenvalue weighted by atomic mass is 32.1. The summed E-state index contributed by atoms with van der Waals surface area (Å²) in [6.07, 6.45) is -0.960. The van der Waals surface area contributed by atoms with Gasteiger partial charge >= 0.3 is 0 Å². The maximum Gasteiger partial charge on any atom is 0.165 e. The van der Waals surface area contributed by atoms with E-state index in [-0.39, 0.29) is 12.4 Å². The van der Waals surface area contributed by atoms with Crippen LogP contribution in [0.2, 0.25) is 0 Å². The Balaban J connectivity index is 1.39. The molecule has 0 saturated carbocycles. The molecule has 0 saturated heterocycles. The summed E-state index contributed by atoms with van der Waals surface area (Å²) in [4.78, 5) is 4.64. The molecule has 0 fully saturated rings. The summed E-state index contributed by atoms with van der Waals surface area (Å²) >= 11 is 1.64. The lowest BCUT2D eigenvalue weighted by atomic mass is 10.2. The van der Waals surface area contributed by atoms with Crippen molar-refractivity contribution in [2.45, 2.75) is 6.23 Å². The number of hydrogen-bond acceptors (Lipinski definition) is 5. The van der Waals surface area contributed by atoms with Crippen molar-refractivity contribution in [3.05, 3.63) is 78.6 Å². The van der Waals surface area contributed by atoms with Gasteiger partial charge in [0.05, 0.1) is 10.2 Å². The topological polar surface area (TPSA) is 54.4 Å². The maximum absolute atomic E-state index is 13.5. The SMILES string of the molecule is OC(COc1ccccc1F)Nc1ccc(-c2nc3ccccc3s2)cc1. The number of nitrogens with zero attached hydrogens (tertiary/aromatic N) is 1. The minimum absolute atomic E-state index is 0.0689. The highest BCUT2D eigenvalue weighted by Crippen LogP contribution is 2.30. The smallest absolute Gasteiger partial charge is 0.165 e. The molecule has 0 aliphatic carbocycles. The number of aromatic nitrogens is 1. The van der Waals surface area contributed by atoms with Gasteiger partial charge in [0.2, 0.25) is 0 Å². The fraction of sp³-hybridized carbons (Fsp3) is 0.0952. The van der Waals surface area contributed by atoms with Crippen LogP contribution in [0.4, 0.5) is 10.1 Å². The third kappa shape index (κ3) is 4.07. The van der Waals surface area contributed by atoms with Crippen LogP contribution in [0.5, 0.6) is 5.75 Å². The summed E-state index contributed by atoms with van der Waals surface area (Å²) in [5, 5.41) is 13.9. The van der Waals surface area contributed by atoms with Crippen LogP contribution in [-0.4, -0.2) is 22.9 Å². The molecule has 0 radical (unpaired) electrons. The van der Waals surface area contributed by atoms with Crippen molar-refractivity contribution in [1.82, 2.24) is 4.98 Å². The summed E-state index contributed by atoms with van der Waals surface area (Å²) in [5.74, 6) is -0.338. The Morgan fingerprint density at radius 1 is 1.00 bits per heavy atom. The van der Waals surface area contributed by atoms with E-state index in [0.717, 1.165) is 26.5 Å². The van der Waals surface area contributed by atoms with Gasteiger partial charge in [-0.3, -0.25) is 0 Å². The number of rotatable bonds is 6. The van der Waals surface area contributed by atoms with Crippen LogP contribution in [0.25, 0.3) is 20.8 Å². The van der Waals surface area contributed by atoms with Crippen LogP contribution in [0.1, 0.15) is 0 Å². The lowest BCUT2D eigenvalue weighted by Crippen LogP contribution is -2.26. The van der Waals surface area contributed by atoms with Crippen LogP contribution in [0, 0.1) is 5.82 Å². The van der Waals surface area contributed by atoms with Crippen molar-refractivity contribution in [2.24, 2.45) is 0 Å². The average Bonchev–Trinajstić information content (AvgIpc) is 3.12. The van der Waals surface area contributed by atoms with Gasteiger partial charge in [0, 0.05) is 11.3 Å². The zero-order chi connectivity index (χ0) is 18.6. The number of aliphatic hydroxyl groups excluding tert-OH is 1. The van der Waals surface area contributed by atoms with Crippen molar-refractivity contribution >= 4 is 27.2 Å². The van der Waals surface area contributed by atoms with Gasteiger partial charge in [-0.1, -0.05) is 24.3 Å². The first-order chi connectivity index (χ1) is 13.2. The number of thiazole rings is 1. The van der Waals surface area contributed by atoms with E-state index in [9.17, 15) is 9.50 Å². The second-order valence-electron chi connectivity index (χ2n) is 5.97. The second-order valence-corrected chi connectivity index (χ2v) is 7.00. The standard InChI is InChI=1S/C21H17FN2O2S/c22-16-5-1-3-7-18(16)26-13-20(25)23-15-11-9-14(10-12-15)21-24-17-6-2-4-8-19(17)27-21/h1-12,20,23,25H,13H2. The van der Waals surface area contributed by atoms with E-state index in [4.69, 9.17) is 4.74 Å². The Morgan fingerprint density at radius 2 is 1.74 bits per heavy atom. The van der Waals surface area contributed by atoms with Gasteiger partial charge in [0.15, 0.2) is 17.8 Å². The van der Waals surface area contributed by atoms with Crippen molar-refractivity contribution in [3.63, 3.8) is 0 Å². The predicted octanol–water partition coefficient (Wildman–Crippen LogP) is 4.91. The van der Waals surface area contributed by atoms with Crippen LogP contribution in [0.3, 0.4) is 0 Å². The van der Waals surface area contributed by atoms with Crippen molar-refractivity contribution in [3.8, 4) is 16.3 Å². The predicted molar refractivity (Wildman–Crippen MR) is 107 cm³/mol. The van der Waals surface area contributed by atoms with Gasteiger partial charge in [-0.15, -0.1) is 11.3 Å². The first-order valence-corrected chi connectivity index (χ1v) is 9.28. The fourth-order valence-corrected chi connectivity index (χ4v) is 3.64. The van der Waals surface area contributed by atoms with E-state index in [0.29, 0.717) is 0 Å². The molecular weight excluding hydrogens is 363 g/mol. The number of aliphatic hydroxyl groups is 1. The van der Waals surface area contributed by atoms with Gasteiger partial charge in [-0.25, -0.2) is 9.37 Å². The van der Waals surface area contributed by atoms with E-state index >= 15 is 0 Å². The number of anilines is 1. The number of ether oxygens (including phenoxy) is 1. The number of fused-ring (bicyclic) bond motifs is 1. The molecule has 0 spiro atoms. The zero-order valence-corrected chi connectivity index (χ0v) is 15.1. The maximum atomic E-state index is 13.5. The molecule has 136 valence electrons. The number of benzene rings is 3. The molecule has 1 aromatic heterocycles. The molecule has 4 aromatic rings. The minimum Gasteiger partial charge on any atom is -0.486 e. The summed E-state index contributed by atoms with van der Waals surface area (Å²) in [6.45, 7) is -0.0689. The molecule has 0 aliphatic rings. The molecule has 1 unspecified atom stereocenters. The fourth-order valence-electron chi connectivity index (χ4n) is 2.67. The summed E-state index contributed by atoms with van der Waals surface area (Å²) in [5.41, 5.74) is 2.74.